The number of rotatable bonds is 6. The molecule has 0 fully saturated rings. The van der Waals surface area contributed by atoms with Crippen LogP contribution in [0.4, 0.5) is 10.5 Å². The number of carbonyl (C=O) groups is 2. The highest BCUT2D eigenvalue weighted by Crippen LogP contribution is 2.17. The number of amides is 2. The molecule has 112 valence electrons. The van der Waals surface area contributed by atoms with Crippen LogP contribution in [-0.2, 0) is 0 Å². The number of aromatic carboxylic acids is 1. The number of carboxylic acid groups (broad SMARTS) is 1. The Hall–Kier alpha value is -2.59. The lowest BCUT2D eigenvalue weighted by molar-refractivity contribution is 0.0697. The predicted molar refractivity (Wildman–Crippen MR) is 76.1 cm³/mol. The number of anilines is 1. The molecule has 0 heterocycles. The molecule has 0 unspecified atom stereocenters. The van der Waals surface area contributed by atoms with E-state index in [1.54, 1.807) is 7.05 Å². The lowest BCUT2D eigenvalue weighted by Gasteiger charge is -2.27. The molecule has 0 saturated heterocycles. The summed E-state index contributed by atoms with van der Waals surface area (Å²) in [7, 11) is 1.57. The van der Waals surface area contributed by atoms with E-state index in [2.05, 4.69) is 0 Å². The van der Waals surface area contributed by atoms with Gasteiger partial charge in [-0.3, -0.25) is 4.90 Å². The third-order valence-corrected chi connectivity index (χ3v) is 2.87. The Kier molecular flexibility index (Phi) is 6.17. The topological polar surface area (TPSA) is 105 Å². The summed E-state index contributed by atoms with van der Waals surface area (Å²) >= 11 is 0. The van der Waals surface area contributed by atoms with Crippen LogP contribution in [0.25, 0.3) is 0 Å². The van der Waals surface area contributed by atoms with Crippen molar-refractivity contribution in [2.24, 2.45) is 0 Å². The van der Waals surface area contributed by atoms with Gasteiger partial charge in [-0.15, -0.1) is 0 Å². The number of aliphatic hydroxyl groups excluding tert-OH is 1. The summed E-state index contributed by atoms with van der Waals surface area (Å²) in [6.45, 7) is 0.144. The molecule has 0 aliphatic heterocycles. The number of nitriles is 1. The molecule has 1 aromatic rings. The number of carboxylic acids is 1. The average molecular weight is 291 g/mol. The van der Waals surface area contributed by atoms with Gasteiger partial charge in [0.05, 0.1) is 31.2 Å². The Balaban J connectivity index is 2.92. The summed E-state index contributed by atoms with van der Waals surface area (Å²) < 4.78 is 0. The van der Waals surface area contributed by atoms with E-state index in [1.165, 1.54) is 34.1 Å². The van der Waals surface area contributed by atoms with Crippen LogP contribution in [0.1, 0.15) is 16.8 Å². The highest BCUT2D eigenvalue weighted by atomic mass is 16.4. The number of benzene rings is 1. The van der Waals surface area contributed by atoms with Crippen molar-refractivity contribution in [1.82, 2.24) is 4.90 Å². The van der Waals surface area contributed by atoms with Gasteiger partial charge >= 0.3 is 12.0 Å². The standard InChI is InChI=1S/C14H17N3O4/c1-16(8-2-7-15)14(21)17(9-10-18)12-5-3-11(4-6-12)13(19)20/h3-6,18H,2,8-10H2,1H3,(H,19,20). The fourth-order valence-electron chi connectivity index (χ4n) is 1.74. The lowest BCUT2D eigenvalue weighted by atomic mass is 10.2. The van der Waals surface area contributed by atoms with Gasteiger partial charge in [-0.05, 0) is 24.3 Å². The Morgan fingerprint density at radius 2 is 1.86 bits per heavy atom. The summed E-state index contributed by atoms with van der Waals surface area (Å²) in [6.07, 6.45) is 0.215. The number of aliphatic hydroxyl groups is 1. The van der Waals surface area contributed by atoms with Crippen molar-refractivity contribution in [2.75, 3.05) is 31.6 Å². The van der Waals surface area contributed by atoms with Gasteiger partial charge in [0, 0.05) is 19.3 Å². The second-order valence-electron chi connectivity index (χ2n) is 4.34. The quantitative estimate of drug-likeness (QED) is 0.818. The summed E-state index contributed by atoms with van der Waals surface area (Å²) in [4.78, 5) is 25.8. The van der Waals surface area contributed by atoms with Gasteiger partial charge in [-0.25, -0.2) is 9.59 Å². The van der Waals surface area contributed by atoms with Crippen molar-refractivity contribution in [3.05, 3.63) is 29.8 Å². The largest absolute Gasteiger partial charge is 0.478 e. The highest BCUT2D eigenvalue weighted by molar-refractivity contribution is 5.93. The first kappa shape index (κ1) is 16.5. The van der Waals surface area contributed by atoms with Gasteiger partial charge in [0.1, 0.15) is 0 Å². The Bertz CT molecular complexity index is 536. The van der Waals surface area contributed by atoms with E-state index in [1.807, 2.05) is 6.07 Å². The normalized spacial score (nSPS) is 9.76. The van der Waals surface area contributed by atoms with E-state index in [-0.39, 0.29) is 37.7 Å². The van der Waals surface area contributed by atoms with Crippen LogP contribution in [-0.4, -0.2) is 53.9 Å². The van der Waals surface area contributed by atoms with Crippen molar-refractivity contribution < 1.29 is 19.8 Å². The maximum Gasteiger partial charge on any atom is 0.335 e. The molecule has 0 aliphatic carbocycles. The Labute approximate surface area is 122 Å². The SMILES string of the molecule is CN(CCC#N)C(=O)N(CCO)c1ccc(C(=O)O)cc1. The molecular formula is C14H17N3O4. The Morgan fingerprint density at radius 3 is 2.33 bits per heavy atom. The Morgan fingerprint density at radius 1 is 1.24 bits per heavy atom. The lowest BCUT2D eigenvalue weighted by Crippen LogP contribution is -2.43. The summed E-state index contributed by atoms with van der Waals surface area (Å²) in [5.74, 6) is -1.05. The molecule has 1 rings (SSSR count). The number of urea groups is 1. The zero-order chi connectivity index (χ0) is 15.8. The van der Waals surface area contributed by atoms with Crippen molar-refractivity contribution in [2.45, 2.75) is 6.42 Å². The van der Waals surface area contributed by atoms with E-state index >= 15 is 0 Å². The highest BCUT2D eigenvalue weighted by Gasteiger charge is 2.19. The van der Waals surface area contributed by atoms with Gasteiger partial charge in [-0.1, -0.05) is 0 Å². The third kappa shape index (κ3) is 4.47. The number of hydrogen-bond donors (Lipinski definition) is 2. The number of hydrogen-bond acceptors (Lipinski definition) is 4. The van der Waals surface area contributed by atoms with Gasteiger partial charge in [-0.2, -0.15) is 5.26 Å². The zero-order valence-electron chi connectivity index (χ0n) is 11.7. The molecule has 2 N–H and O–H groups in total. The van der Waals surface area contributed by atoms with Crippen LogP contribution in [0.3, 0.4) is 0 Å². The molecule has 0 aromatic heterocycles. The molecule has 0 bridgehead atoms. The molecule has 0 atom stereocenters. The molecule has 7 nitrogen and oxygen atoms in total. The first-order chi connectivity index (χ1) is 10.0. The zero-order valence-corrected chi connectivity index (χ0v) is 11.7. The fraction of sp³-hybridized carbons (Fsp3) is 0.357. The van der Waals surface area contributed by atoms with E-state index in [0.717, 1.165) is 0 Å². The van der Waals surface area contributed by atoms with Gasteiger partial charge < -0.3 is 15.1 Å². The van der Waals surface area contributed by atoms with Crippen LogP contribution in [0.15, 0.2) is 24.3 Å². The molecule has 21 heavy (non-hydrogen) atoms. The monoisotopic (exact) mass is 291 g/mol. The summed E-state index contributed by atoms with van der Waals surface area (Å²) in [5, 5.41) is 26.5. The van der Waals surface area contributed by atoms with E-state index in [0.29, 0.717) is 5.69 Å². The summed E-state index contributed by atoms with van der Waals surface area (Å²) in [5.41, 5.74) is 0.607. The molecule has 1 aromatic carbocycles. The molecule has 0 spiro atoms. The first-order valence-corrected chi connectivity index (χ1v) is 6.35. The third-order valence-electron chi connectivity index (χ3n) is 2.87. The van der Waals surface area contributed by atoms with E-state index in [4.69, 9.17) is 15.5 Å². The molecule has 0 saturated carbocycles. The minimum atomic E-state index is -1.05. The van der Waals surface area contributed by atoms with Gasteiger partial charge in [0.15, 0.2) is 0 Å². The number of carbonyl (C=O) groups excluding carboxylic acids is 1. The van der Waals surface area contributed by atoms with Crippen molar-refractivity contribution >= 4 is 17.7 Å². The van der Waals surface area contributed by atoms with Crippen LogP contribution >= 0.6 is 0 Å². The maximum atomic E-state index is 12.3. The smallest absolute Gasteiger partial charge is 0.335 e. The first-order valence-electron chi connectivity index (χ1n) is 6.35. The molecular weight excluding hydrogens is 274 g/mol. The van der Waals surface area contributed by atoms with Crippen LogP contribution in [0, 0.1) is 11.3 Å². The fourth-order valence-corrected chi connectivity index (χ4v) is 1.74. The van der Waals surface area contributed by atoms with Gasteiger partial charge in [0.25, 0.3) is 0 Å². The van der Waals surface area contributed by atoms with Gasteiger partial charge in [0.2, 0.25) is 0 Å². The second kappa shape index (κ2) is 7.87. The predicted octanol–water partition coefficient (Wildman–Crippen LogP) is 1.15. The minimum absolute atomic E-state index is 0.0855. The van der Waals surface area contributed by atoms with Crippen molar-refractivity contribution in [3.8, 4) is 6.07 Å². The summed E-state index contributed by atoms with van der Waals surface area (Å²) in [6, 6.07) is 7.40. The van der Waals surface area contributed by atoms with Crippen molar-refractivity contribution in [3.63, 3.8) is 0 Å². The van der Waals surface area contributed by atoms with Crippen molar-refractivity contribution in [1.29, 1.82) is 5.26 Å². The maximum absolute atomic E-state index is 12.3. The van der Waals surface area contributed by atoms with Crippen LogP contribution < -0.4 is 4.90 Å². The molecule has 7 heteroatoms. The number of nitrogens with zero attached hydrogens (tertiary/aromatic N) is 3. The molecule has 2 amide bonds. The van der Waals surface area contributed by atoms with E-state index in [9.17, 15) is 9.59 Å². The minimum Gasteiger partial charge on any atom is -0.478 e. The van der Waals surface area contributed by atoms with Crippen LogP contribution in [0.2, 0.25) is 0 Å². The second-order valence-corrected chi connectivity index (χ2v) is 4.34. The van der Waals surface area contributed by atoms with Crippen LogP contribution in [0.5, 0.6) is 0 Å². The van der Waals surface area contributed by atoms with E-state index < -0.39 is 5.97 Å². The average Bonchev–Trinajstić information content (AvgIpc) is 2.49. The molecule has 0 aliphatic rings. The molecule has 0 radical (unpaired) electrons.